The van der Waals surface area contributed by atoms with Crippen LogP contribution in [0.5, 0.6) is 5.75 Å². The second-order valence-corrected chi connectivity index (χ2v) is 3.83. The summed E-state index contributed by atoms with van der Waals surface area (Å²) in [4.78, 5) is 11.4. The van der Waals surface area contributed by atoms with E-state index in [-0.39, 0.29) is 11.1 Å². The molecule has 1 aromatic rings. The van der Waals surface area contributed by atoms with Gasteiger partial charge in [0, 0.05) is 5.56 Å². The molecular formula is C11H9F3O3. The summed E-state index contributed by atoms with van der Waals surface area (Å²) in [5.74, 6) is -0.675. The van der Waals surface area contributed by atoms with Gasteiger partial charge in [-0.25, -0.2) is 4.79 Å². The smallest absolute Gasteiger partial charge is 0.432 e. The van der Waals surface area contributed by atoms with Gasteiger partial charge in [-0.1, -0.05) is 6.07 Å². The van der Waals surface area contributed by atoms with E-state index in [4.69, 9.17) is 4.74 Å². The van der Waals surface area contributed by atoms with E-state index in [1.807, 2.05) is 0 Å². The molecule has 0 fully saturated rings. The Morgan fingerprint density at radius 1 is 1.35 bits per heavy atom. The summed E-state index contributed by atoms with van der Waals surface area (Å²) in [5, 5.41) is 0. The predicted octanol–water partition coefficient (Wildman–Crippen LogP) is 2.64. The third-order valence-corrected chi connectivity index (χ3v) is 2.80. The van der Waals surface area contributed by atoms with Gasteiger partial charge >= 0.3 is 12.1 Å². The molecule has 17 heavy (non-hydrogen) atoms. The Hall–Kier alpha value is -1.72. The van der Waals surface area contributed by atoms with Crippen molar-refractivity contribution in [1.82, 2.24) is 0 Å². The number of benzene rings is 1. The summed E-state index contributed by atoms with van der Waals surface area (Å²) in [5.41, 5.74) is -2.87. The predicted molar refractivity (Wildman–Crippen MR) is 51.8 cm³/mol. The van der Waals surface area contributed by atoms with Crippen LogP contribution in [0.15, 0.2) is 18.2 Å². The molecule has 0 amide bonds. The average Bonchev–Trinajstić information content (AvgIpc) is 2.51. The molecule has 0 unspecified atom stereocenters. The second kappa shape index (κ2) is 3.38. The topological polar surface area (TPSA) is 35.5 Å². The molecule has 1 aliphatic rings. The van der Waals surface area contributed by atoms with Crippen molar-refractivity contribution in [3.63, 3.8) is 0 Å². The van der Waals surface area contributed by atoms with Crippen molar-refractivity contribution in [2.24, 2.45) is 0 Å². The molecule has 0 saturated carbocycles. The normalized spacial score (nSPS) is 23.2. The molecule has 0 saturated heterocycles. The van der Waals surface area contributed by atoms with Crippen molar-refractivity contribution in [2.45, 2.75) is 18.7 Å². The molecule has 1 aromatic carbocycles. The van der Waals surface area contributed by atoms with E-state index in [1.165, 1.54) is 25.3 Å². The number of hydrogen-bond donors (Lipinski definition) is 0. The Balaban J connectivity index is 2.60. The molecule has 0 aromatic heterocycles. The number of methoxy groups -OCH3 is 1. The van der Waals surface area contributed by atoms with Gasteiger partial charge in [0.25, 0.3) is 0 Å². The molecule has 2 rings (SSSR count). The second-order valence-electron chi connectivity index (χ2n) is 3.83. The number of alkyl halides is 3. The SMILES string of the molecule is COc1ccc2c(c1)C(=O)O[C@@]2(C)C(F)(F)F. The molecule has 0 aliphatic carbocycles. The van der Waals surface area contributed by atoms with Crippen molar-refractivity contribution in [3.05, 3.63) is 29.3 Å². The van der Waals surface area contributed by atoms with E-state index < -0.39 is 17.7 Å². The highest BCUT2D eigenvalue weighted by Crippen LogP contribution is 2.48. The fourth-order valence-corrected chi connectivity index (χ4v) is 1.74. The van der Waals surface area contributed by atoms with Crippen molar-refractivity contribution < 1.29 is 27.4 Å². The van der Waals surface area contributed by atoms with Crippen LogP contribution in [-0.4, -0.2) is 19.3 Å². The minimum atomic E-state index is -4.65. The van der Waals surface area contributed by atoms with Gasteiger partial charge in [0.2, 0.25) is 5.60 Å². The fraction of sp³-hybridized carbons (Fsp3) is 0.364. The van der Waals surface area contributed by atoms with Gasteiger partial charge in [0.05, 0.1) is 12.7 Å². The molecule has 6 heteroatoms. The molecule has 1 aliphatic heterocycles. The Morgan fingerprint density at radius 2 is 2.00 bits per heavy atom. The highest BCUT2D eigenvalue weighted by molar-refractivity contribution is 5.95. The summed E-state index contributed by atoms with van der Waals surface area (Å²) >= 11 is 0. The van der Waals surface area contributed by atoms with Gasteiger partial charge < -0.3 is 9.47 Å². The van der Waals surface area contributed by atoms with Crippen LogP contribution in [-0.2, 0) is 10.3 Å². The lowest BCUT2D eigenvalue weighted by molar-refractivity contribution is -0.253. The first-order valence-corrected chi connectivity index (χ1v) is 4.78. The van der Waals surface area contributed by atoms with Crippen LogP contribution in [0.4, 0.5) is 13.2 Å². The number of cyclic esters (lactones) is 1. The standard InChI is InChI=1S/C11H9F3O3/c1-10(11(12,13)14)8-4-3-6(16-2)5-7(8)9(15)17-10/h3-5H,1-2H3/t10-/m1/s1. The average molecular weight is 246 g/mol. The zero-order valence-electron chi connectivity index (χ0n) is 9.09. The van der Waals surface area contributed by atoms with Crippen LogP contribution in [0.2, 0.25) is 0 Å². The summed E-state index contributed by atoms with van der Waals surface area (Å²) < 4.78 is 47.9. The van der Waals surface area contributed by atoms with Crippen molar-refractivity contribution in [3.8, 4) is 5.75 Å². The van der Waals surface area contributed by atoms with Gasteiger partial charge in [-0.05, 0) is 19.1 Å². The lowest BCUT2D eigenvalue weighted by Crippen LogP contribution is -2.39. The largest absolute Gasteiger partial charge is 0.497 e. The molecule has 0 bridgehead atoms. The number of hydrogen-bond acceptors (Lipinski definition) is 3. The summed E-state index contributed by atoms with van der Waals surface area (Å²) in [6, 6.07) is 3.81. The zero-order valence-corrected chi connectivity index (χ0v) is 9.09. The van der Waals surface area contributed by atoms with Gasteiger partial charge in [0.15, 0.2) is 0 Å². The molecular weight excluding hydrogens is 237 g/mol. The summed E-state index contributed by atoms with van der Waals surface area (Å²) in [6.45, 7) is 0.837. The highest BCUT2D eigenvalue weighted by Gasteiger charge is 2.60. The monoisotopic (exact) mass is 246 g/mol. The van der Waals surface area contributed by atoms with Crippen molar-refractivity contribution in [1.29, 1.82) is 0 Å². The van der Waals surface area contributed by atoms with E-state index in [2.05, 4.69) is 4.74 Å². The van der Waals surface area contributed by atoms with Crippen molar-refractivity contribution in [2.75, 3.05) is 7.11 Å². The van der Waals surface area contributed by atoms with Crippen LogP contribution < -0.4 is 4.74 Å². The van der Waals surface area contributed by atoms with E-state index in [0.717, 1.165) is 6.92 Å². The number of halogens is 3. The minimum Gasteiger partial charge on any atom is -0.497 e. The van der Waals surface area contributed by atoms with Gasteiger partial charge in [0.1, 0.15) is 5.75 Å². The molecule has 0 N–H and O–H groups in total. The van der Waals surface area contributed by atoms with E-state index in [1.54, 1.807) is 0 Å². The molecule has 92 valence electrons. The number of rotatable bonds is 1. The zero-order chi connectivity index (χ0) is 12.8. The first-order valence-electron chi connectivity index (χ1n) is 4.78. The van der Waals surface area contributed by atoms with E-state index in [9.17, 15) is 18.0 Å². The molecule has 1 atom stereocenters. The maximum absolute atomic E-state index is 12.9. The highest BCUT2D eigenvalue weighted by atomic mass is 19.4. The first-order chi connectivity index (χ1) is 7.79. The summed E-state index contributed by atoms with van der Waals surface area (Å²) in [7, 11) is 1.37. The molecule has 1 heterocycles. The number of ether oxygens (including phenoxy) is 2. The van der Waals surface area contributed by atoms with E-state index >= 15 is 0 Å². The van der Waals surface area contributed by atoms with Crippen LogP contribution in [0.3, 0.4) is 0 Å². The Labute approximate surface area is 95.1 Å². The van der Waals surface area contributed by atoms with E-state index in [0.29, 0.717) is 5.75 Å². The Morgan fingerprint density at radius 3 is 2.53 bits per heavy atom. The summed E-state index contributed by atoms with van der Waals surface area (Å²) in [6.07, 6.45) is -4.65. The van der Waals surface area contributed by atoms with Crippen LogP contribution in [0.25, 0.3) is 0 Å². The van der Waals surface area contributed by atoms with Crippen molar-refractivity contribution >= 4 is 5.97 Å². The maximum Gasteiger partial charge on any atom is 0.432 e. The number of esters is 1. The number of carbonyl (C=O) groups is 1. The van der Waals surface area contributed by atoms with Gasteiger partial charge in [-0.15, -0.1) is 0 Å². The van der Waals surface area contributed by atoms with Gasteiger partial charge in [-0.3, -0.25) is 0 Å². The lowest BCUT2D eigenvalue weighted by atomic mass is 9.93. The number of carbonyl (C=O) groups excluding carboxylic acids is 1. The minimum absolute atomic E-state index is 0.107. The number of fused-ring (bicyclic) bond motifs is 1. The maximum atomic E-state index is 12.9. The Bertz CT molecular complexity index is 481. The van der Waals surface area contributed by atoms with Crippen LogP contribution >= 0.6 is 0 Å². The lowest BCUT2D eigenvalue weighted by Gasteiger charge is -2.26. The van der Waals surface area contributed by atoms with Crippen LogP contribution in [0, 0.1) is 0 Å². The van der Waals surface area contributed by atoms with Gasteiger partial charge in [-0.2, -0.15) is 13.2 Å². The van der Waals surface area contributed by atoms with Crippen LogP contribution in [0.1, 0.15) is 22.8 Å². The first kappa shape index (κ1) is 11.8. The fourth-order valence-electron chi connectivity index (χ4n) is 1.74. The third kappa shape index (κ3) is 1.55. The Kier molecular flexibility index (Phi) is 2.34. The third-order valence-electron chi connectivity index (χ3n) is 2.80. The quantitative estimate of drug-likeness (QED) is 0.714. The molecule has 0 spiro atoms. The molecule has 3 nitrogen and oxygen atoms in total. The molecule has 0 radical (unpaired) electrons.